The Morgan fingerprint density at radius 3 is 2.31 bits per heavy atom. The second kappa shape index (κ2) is 8.52. The van der Waals surface area contributed by atoms with Gasteiger partial charge in [0.2, 0.25) is 0 Å². The molecule has 0 aliphatic carbocycles. The van der Waals surface area contributed by atoms with Crippen LogP contribution in [0.1, 0.15) is 38.8 Å². The molecule has 0 spiro atoms. The van der Waals surface area contributed by atoms with Crippen LogP contribution in [0, 0.1) is 12.8 Å². The largest absolute Gasteiger partial charge is 0.497 e. The van der Waals surface area contributed by atoms with Crippen molar-refractivity contribution in [3.63, 3.8) is 0 Å². The van der Waals surface area contributed by atoms with Crippen LogP contribution in [0.5, 0.6) is 5.75 Å². The minimum Gasteiger partial charge on any atom is -0.497 e. The van der Waals surface area contributed by atoms with E-state index in [1.807, 2.05) is 24.3 Å². The molecule has 0 saturated carbocycles. The number of hydrogen-bond donors (Lipinski definition) is 1. The van der Waals surface area contributed by atoms with E-state index < -0.39 is 5.97 Å². The van der Waals surface area contributed by atoms with Gasteiger partial charge in [0.1, 0.15) is 5.75 Å². The van der Waals surface area contributed by atoms with Crippen molar-refractivity contribution in [2.45, 2.75) is 20.3 Å². The summed E-state index contributed by atoms with van der Waals surface area (Å²) in [5.74, 6) is -0.112. The summed E-state index contributed by atoms with van der Waals surface area (Å²) in [5.41, 5.74) is 2.48. The summed E-state index contributed by atoms with van der Waals surface area (Å²) in [4.78, 5) is 25.5. The van der Waals surface area contributed by atoms with E-state index in [0.29, 0.717) is 12.1 Å². The first-order chi connectivity index (χ1) is 12.3. The molecule has 1 amide bonds. The number of methoxy groups -OCH3 is 1. The molecule has 0 aromatic heterocycles. The molecule has 1 unspecified atom stereocenters. The molecule has 2 rings (SSSR count). The van der Waals surface area contributed by atoms with Gasteiger partial charge in [-0.3, -0.25) is 4.79 Å². The van der Waals surface area contributed by atoms with Crippen molar-refractivity contribution < 1.29 is 19.4 Å². The van der Waals surface area contributed by atoms with Crippen LogP contribution >= 0.6 is 0 Å². The van der Waals surface area contributed by atoms with Crippen molar-refractivity contribution in [2.75, 3.05) is 20.7 Å². The maximum Gasteiger partial charge on any atom is 0.335 e. The lowest BCUT2D eigenvalue weighted by atomic mass is 10.00. The van der Waals surface area contributed by atoms with E-state index in [2.05, 4.69) is 6.92 Å². The molecular formula is C21H25NO4. The van der Waals surface area contributed by atoms with Gasteiger partial charge in [0.15, 0.2) is 0 Å². The SMILES string of the molecule is COc1ccc(CC(C)CN(C)C(=O)c2cc(C)cc(C(=O)O)c2)cc1. The van der Waals surface area contributed by atoms with Crippen LogP contribution in [0.25, 0.3) is 0 Å². The lowest BCUT2D eigenvalue weighted by Crippen LogP contribution is -2.31. The molecule has 0 saturated heterocycles. The number of amides is 1. The van der Waals surface area contributed by atoms with E-state index in [0.717, 1.165) is 17.7 Å². The highest BCUT2D eigenvalue weighted by Gasteiger charge is 2.17. The summed E-state index contributed by atoms with van der Waals surface area (Å²) < 4.78 is 5.16. The number of aryl methyl sites for hydroxylation is 1. The Balaban J connectivity index is 2.02. The molecule has 26 heavy (non-hydrogen) atoms. The van der Waals surface area contributed by atoms with E-state index in [4.69, 9.17) is 9.84 Å². The van der Waals surface area contributed by atoms with Gasteiger partial charge >= 0.3 is 5.97 Å². The van der Waals surface area contributed by atoms with Crippen LogP contribution in [0.3, 0.4) is 0 Å². The number of ether oxygens (including phenoxy) is 1. The highest BCUT2D eigenvalue weighted by molar-refractivity contribution is 5.97. The summed E-state index contributed by atoms with van der Waals surface area (Å²) in [7, 11) is 3.38. The number of rotatable bonds is 7. The van der Waals surface area contributed by atoms with Gasteiger partial charge in [0.05, 0.1) is 12.7 Å². The number of hydrogen-bond acceptors (Lipinski definition) is 3. The fraction of sp³-hybridized carbons (Fsp3) is 0.333. The van der Waals surface area contributed by atoms with Crippen LogP contribution in [-0.2, 0) is 6.42 Å². The molecule has 0 aliphatic rings. The second-order valence-electron chi connectivity index (χ2n) is 6.74. The molecule has 5 nitrogen and oxygen atoms in total. The summed E-state index contributed by atoms with van der Waals surface area (Å²) in [5, 5.41) is 9.17. The third-order valence-corrected chi connectivity index (χ3v) is 4.25. The van der Waals surface area contributed by atoms with Gasteiger partial charge in [-0.05, 0) is 60.7 Å². The summed E-state index contributed by atoms with van der Waals surface area (Å²) in [6, 6.07) is 12.6. The van der Waals surface area contributed by atoms with Gasteiger partial charge in [-0.1, -0.05) is 19.1 Å². The van der Waals surface area contributed by atoms with Crippen molar-refractivity contribution in [3.8, 4) is 5.75 Å². The van der Waals surface area contributed by atoms with Gasteiger partial charge in [0.25, 0.3) is 5.91 Å². The Morgan fingerprint density at radius 1 is 1.12 bits per heavy atom. The van der Waals surface area contributed by atoms with E-state index in [1.165, 1.54) is 11.6 Å². The molecule has 0 aliphatic heterocycles. The zero-order chi connectivity index (χ0) is 19.3. The van der Waals surface area contributed by atoms with Crippen molar-refractivity contribution >= 4 is 11.9 Å². The molecule has 1 N–H and O–H groups in total. The number of benzene rings is 2. The van der Waals surface area contributed by atoms with Crippen LogP contribution in [0.2, 0.25) is 0 Å². The zero-order valence-electron chi connectivity index (χ0n) is 15.7. The minimum absolute atomic E-state index is 0.132. The van der Waals surface area contributed by atoms with Gasteiger partial charge < -0.3 is 14.7 Å². The van der Waals surface area contributed by atoms with E-state index in [-0.39, 0.29) is 17.4 Å². The number of nitrogens with zero attached hydrogens (tertiary/aromatic N) is 1. The summed E-state index contributed by atoms with van der Waals surface area (Å²) >= 11 is 0. The average molecular weight is 355 g/mol. The first-order valence-corrected chi connectivity index (χ1v) is 8.53. The number of carboxylic acids is 1. The molecule has 1 atom stereocenters. The fourth-order valence-corrected chi connectivity index (χ4v) is 3.03. The molecule has 138 valence electrons. The van der Waals surface area contributed by atoms with Crippen LogP contribution in [-0.4, -0.2) is 42.6 Å². The van der Waals surface area contributed by atoms with Crippen LogP contribution in [0.15, 0.2) is 42.5 Å². The Kier molecular flexibility index (Phi) is 6.39. The van der Waals surface area contributed by atoms with Gasteiger partial charge in [-0.25, -0.2) is 4.79 Å². The van der Waals surface area contributed by atoms with Gasteiger partial charge in [-0.15, -0.1) is 0 Å². The predicted molar refractivity (Wildman–Crippen MR) is 101 cm³/mol. The van der Waals surface area contributed by atoms with Crippen molar-refractivity contribution in [2.24, 2.45) is 5.92 Å². The molecule has 2 aromatic rings. The maximum atomic E-state index is 12.7. The standard InChI is InChI=1S/C21H25NO4/c1-14-10-17(12-18(11-14)21(24)25)20(23)22(3)13-15(2)9-16-5-7-19(26-4)8-6-16/h5-8,10-12,15H,9,13H2,1-4H3,(H,24,25). The molecule has 0 fully saturated rings. The quantitative estimate of drug-likeness (QED) is 0.823. The van der Waals surface area contributed by atoms with E-state index in [1.54, 1.807) is 38.1 Å². The number of aromatic carboxylic acids is 1. The molecule has 0 radical (unpaired) electrons. The Bertz CT molecular complexity index is 783. The lowest BCUT2D eigenvalue weighted by Gasteiger charge is -2.22. The lowest BCUT2D eigenvalue weighted by molar-refractivity contribution is 0.0696. The third kappa shape index (κ3) is 5.09. The van der Waals surface area contributed by atoms with E-state index in [9.17, 15) is 9.59 Å². The Hall–Kier alpha value is -2.82. The Morgan fingerprint density at radius 2 is 1.73 bits per heavy atom. The molecule has 0 heterocycles. The van der Waals surface area contributed by atoms with E-state index >= 15 is 0 Å². The minimum atomic E-state index is -1.03. The van der Waals surface area contributed by atoms with Gasteiger partial charge in [-0.2, -0.15) is 0 Å². The van der Waals surface area contributed by atoms with Gasteiger partial charge in [0, 0.05) is 19.2 Å². The number of carbonyl (C=O) groups excluding carboxylic acids is 1. The molecular weight excluding hydrogens is 330 g/mol. The first-order valence-electron chi connectivity index (χ1n) is 8.53. The third-order valence-electron chi connectivity index (χ3n) is 4.25. The highest BCUT2D eigenvalue weighted by atomic mass is 16.5. The summed E-state index contributed by atoms with van der Waals surface area (Å²) in [6.07, 6.45) is 0.843. The molecule has 0 bridgehead atoms. The van der Waals surface area contributed by atoms with Crippen LogP contribution < -0.4 is 4.74 Å². The maximum absolute atomic E-state index is 12.7. The average Bonchev–Trinajstić information content (AvgIpc) is 2.60. The fourth-order valence-electron chi connectivity index (χ4n) is 3.03. The molecule has 5 heteroatoms. The Labute approximate surface area is 154 Å². The zero-order valence-corrected chi connectivity index (χ0v) is 15.7. The van der Waals surface area contributed by atoms with Crippen molar-refractivity contribution in [1.29, 1.82) is 0 Å². The van der Waals surface area contributed by atoms with Crippen molar-refractivity contribution in [3.05, 3.63) is 64.7 Å². The molecule has 2 aromatic carbocycles. The summed E-state index contributed by atoms with van der Waals surface area (Å²) in [6.45, 7) is 4.46. The monoisotopic (exact) mass is 355 g/mol. The first kappa shape index (κ1) is 19.5. The highest BCUT2D eigenvalue weighted by Crippen LogP contribution is 2.17. The van der Waals surface area contributed by atoms with Crippen molar-refractivity contribution in [1.82, 2.24) is 4.90 Å². The normalized spacial score (nSPS) is 11.7. The predicted octanol–water partition coefficient (Wildman–Crippen LogP) is 3.65. The van der Waals surface area contributed by atoms with Crippen LogP contribution in [0.4, 0.5) is 0 Å². The smallest absolute Gasteiger partial charge is 0.335 e. The number of carbonyl (C=O) groups is 2. The number of carboxylic acid groups (broad SMARTS) is 1. The second-order valence-corrected chi connectivity index (χ2v) is 6.74. The topological polar surface area (TPSA) is 66.8 Å².